The van der Waals surface area contributed by atoms with Gasteiger partial charge >= 0.3 is 5.97 Å². The van der Waals surface area contributed by atoms with Gasteiger partial charge in [0.05, 0.1) is 6.54 Å². The topological polar surface area (TPSA) is 119 Å². The van der Waals surface area contributed by atoms with Gasteiger partial charge in [0.1, 0.15) is 0 Å². The first-order valence-corrected chi connectivity index (χ1v) is 8.39. The quantitative estimate of drug-likeness (QED) is 0.744. The average Bonchev–Trinajstić information content (AvgIpc) is 2.94. The van der Waals surface area contributed by atoms with Crippen LogP contribution in [0.5, 0.6) is 0 Å². The highest BCUT2D eigenvalue weighted by atomic mass is 16.5. The number of rotatable bonds is 5. The molecule has 2 heterocycles. The molecule has 0 unspecified atom stereocenters. The lowest BCUT2D eigenvalue weighted by molar-refractivity contribution is -0.137. The van der Waals surface area contributed by atoms with Crippen molar-refractivity contribution in [3.05, 3.63) is 23.3 Å². The number of nitrogens with zero attached hydrogens (tertiary/aromatic N) is 5. The highest BCUT2D eigenvalue weighted by molar-refractivity contribution is 5.89. The fourth-order valence-electron chi connectivity index (χ4n) is 2.32. The second-order valence-electron chi connectivity index (χ2n) is 7.31. The molecule has 2 rings (SSSR count). The van der Waals surface area contributed by atoms with Crippen LogP contribution in [-0.4, -0.2) is 68.0 Å². The van der Waals surface area contributed by atoms with Crippen molar-refractivity contribution in [2.75, 3.05) is 20.2 Å². The first kappa shape index (κ1) is 20.3. The summed E-state index contributed by atoms with van der Waals surface area (Å²) in [6, 6.07) is 1.80. The second kappa shape index (κ2) is 7.68. The lowest BCUT2D eigenvalue weighted by Crippen LogP contribution is -2.46. The molecule has 0 saturated heterocycles. The van der Waals surface area contributed by atoms with Crippen LogP contribution in [0.1, 0.15) is 42.8 Å². The summed E-state index contributed by atoms with van der Waals surface area (Å²) in [5.74, 6) is -1.55. The molecule has 0 aliphatic heterocycles. The van der Waals surface area contributed by atoms with Crippen molar-refractivity contribution in [2.45, 2.75) is 40.2 Å². The predicted octanol–water partition coefficient (Wildman–Crippen LogP) is 0.271. The zero-order chi connectivity index (χ0) is 20.4. The van der Waals surface area contributed by atoms with Crippen molar-refractivity contribution in [3.8, 4) is 0 Å². The molecule has 0 aliphatic carbocycles. The maximum atomic E-state index is 12.1. The van der Waals surface area contributed by atoms with Gasteiger partial charge < -0.3 is 15.0 Å². The minimum absolute atomic E-state index is 0.136. The Labute approximate surface area is 156 Å². The van der Waals surface area contributed by atoms with Crippen molar-refractivity contribution >= 4 is 23.6 Å². The Bertz CT molecular complexity index is 883. The fraction of sp³-hybridized carbons (Fsp3) is 0.529. The van der Waals surface area contributed by atoms with Gasteiger partial charge in [0.15, 0.2) is 6.61 Å². The van der Waals surface area contributed by atoms with Crippen LogP contribution in [0.15, 0.2) is 6.07 Å². The number of carbonyl (C=O) groups excluding carboxylic acids is 3. The van der Waals surface area contributed by atoms with E-state index < -0.39 is 24.0 Å². The minimum Gasteiger partial charge on any atom is -0.450 e. The highest BCUT2D eigenvalue weighted by Gasteiger charge is 2.21. The first-order valence-electron chi connectivity index (χ1n) is 8.39. The maximum Gasteiger partial charge on any atom is 0.378 e. The van der Waals surface area contributed by atoms with Crippen molar-refractivity contribution in [2.24, 2.45) is 0 Å². The lowest BCUT2D eigenvalue weighted by atomic mass is 10.1. The average molecular weight is 376 g/mol. The van der Waals surface area contributed by atoms with Crippen molar-refractivity contribution in [1.82, 2.24) is 29.8 Å². The molecular weight excluding hydrogens is 352 g/mol. The zero-order valence-corrected chi connectivity index (χ0v) is 16.4. The molecule has 0 spiro atoms. The second-order valence-corrected chi connectivity index (χ2v) is 7.31. The number of esters is 1. The Morgan fingerprint density at radius 3 is 2.52 bits per heavy atom. The normalized spacial score (nSPS) is 11.3. The number of carbonyl (C=O) groups is 3. The van der Waals surface area contributed by atoms with Crippen LogP contribution in [-0.2, 0) is 14.3 Å². The summed E-state index contributed by atoms with van der Waals surface area (Å²) in [4.78, 5) is 45.4. The Morgan fingerprint density at radius 1 is 1.22 bits per heavy atom. The number of hydrogen-bond donors (Lipinski definition) is 1. The van der Waals surface area contributed by atoms with E-state index in [2.05, 4.69) is 20.4 Å². The van der Waals surface area contributed by atoms with Gasteiger partial charge in [-0.3, -0.25) is 9.59 Å². The van der Waals surface area contributed by atoms with Crippen molar-refractivity contribution in [1.29, 1.82) is 0 Å². The van der Waals surface area contributed by atoms with Crippen LogP contribution >= 0.6 is 0 Å². The van der Waals surface area contributed by atoms with Gasteiger partial charge in [-0.15, -0.1) is 5.10 Å². The molecule has 0 fully saturated rings. The molecule has 0 aliphatic rings. The van der Waals surface area contributed by atoms with Gasteiger partial charge in [-0.1, -0.05) is 0 Å². The zero-order valence-electron chi connectivity index (χ0n) is 16.4. The maximum absolute atomic E-state index is 12.1. The standard InChI is InChI=1S/C17H24N6O4/c1-10-7-11(2)23-16(18-10)19-14(21-23)15(26)27-9-13(25)22(6)8-12(24)20-17(3,4)5/h7H,8-9H2,1-6H3,(H,20,24). The SMILES string of the molecule is Cc1cc(C)n2nc(C(=O)OCC(=O)N(C)CC(=O)NC(C)(C)C)nc2n1. The van der Waals surface area contributed by atoms with Gasteiger partial charge in [0, 0.05) is 24.0 Å². The van der Waals surface area contributed by atoms with Crippen LogP contribution in [0, 0.1) is 13.8 Å². The number of likely N-dealkylation sites (N-methyl/N-ethyl adjacent to an activating group) is 1. The number of nitrogens with one attached hydrogen (secondary N) is 1. The molecule has 0 saturated carbocycles. The molecule has 146 valence electrons. The monoisotopic (exact) mass is 376 g/mol. The molecule has 10 nitrogen and oxygen atoms in total. The lowest BCUT2D eigenvalue weighted by Gasteiger charge is -2.23. The Kier molecular flexibility index (Phi) is 5.77. The largest absolute Gasteiger partial charge is 0.450 e. The summed E-state index contributed by atoms with van der Waals surface area (Å²) in [5.41, 5.74) is 1.12. The molecular formula is C17H24N6O4. The van der Waals surface area contributed by atoms with E-state index in [1.165, 1.54) is 16.5 Å². The predicted molar refractivity (Wildman–Crippen MR) is 96.1 cm³/mol. The van der Waals surface area contributed by atoms with Crippen molar-refractivity contribution in [3.63, 3.8) is 0 Å². The molecule has 10 heteroatoms. The molecule has 0 atom stereocenters. The van der Waals surface area contributed by atoms with E-state index in [1.54, 1.807) is 6.07 Å². The fourth-order valence-corrected chi connectivity index (χ4v) is 2.32. The van der Waals surface area contributed by atoms with E-state index in [1.807, 2.05) is 34.6 Å². The van der Waals surface area contributed by atoms with Gasteiger partial charge in [-0.25, -0.2) is 14.3 Å². The molecule has 2 aromatic rings. The Morgan fingerprint density at radius 2 is 1.89 bits per heavy atom. The van der Waals surface area contributed by atoms with Gasteiger partial charge in [-0.05, 0) is 40.7 Å². The van der Waals surface area contributed by atoms with E-state index in [4.69, 9.17) is 4.74 Å². The van der Waals surface area contributed by atoms with Gasteiger partial charge in [-0.2, -0.15) is 4.98 Å². The molecule has 2 aromatic heterocycles. The third-order valence-electron chi connectivity index (χ3n) is 3.45. The summed E-state index contributed by atoms with van der Waals surface area (Å²) < 4.78 is 6.39. The minimum atomic E-state index is -0.835. The van der Waals surface area contributed by atoms with Gasteiger partial charge in [0.2, 0.25) is 5.91 Å². The van der Waals surface area contributed by atoms with Crippen LogP contribution in [0.4, 0.5) is 0 Å². The summed E-state index contributed by atoms with van der Waals surface area (Å²) in [6.07, 6.45) is 0. The summed E-state index contributed by atoms with van der Waals surface area (Å²) in [6.45, 7) is 8.50. The summed E-state index contributed by atoms with van der Waals surface area (Å²) in [5, 5.41) is 6.79. The number of ether oxygens (including phenoxy) is 1. The van der Waals surface area contributed by atoms with E-state index >= 15 is 0 Å². The molecule has 0 bridgehead atoms. The van der Waals surface area contributed by atoms with Crippen LogP contribution < -0.4 is 5.32 Å². The smallest absolute Gasteiger partial charge is 0.378 e. The Balaban J connectivity index is 1.94. The molecule has 0 radical (unpaired) electrons. The Hall–Kier alpha value is -3.04. The number of fused-ring (bicyclic) bond motifs is 1. The molecule has 27 heavy (non-hydrogen) atoms. The van der Waals surface area contributed by atoms with Crippen LogP contribution in [0.25, 0.3) is 5.78 Å². The van der Waals surface area contributed by atoms with E-state index in [0.29, 0.717) is 0 Å². The van der Waals surface area contributed by atoms with Crippen molar-refractivity contribution < 1.29 is 19.1 Å². The summed E-state index contributed by atoms with van der Waals surface area (Å²) >= 11 is 0. The van der Waals surface area contributed by atoms with Crippen LogP contribution in [0.3, 0.4) is 0 Å². The van der Waals surface area contributed by atoms with Crippen LogP contribution in [0.2, 0.25) is 0 Å². The summed E-state index contributed by atoms with van der Waals surface area (Å²) in [7, 11) is 1.46. The number of aryl methyl sites for hydroxylation is 2. The number of hydrogen-bond acceptors (Lipinski definition) is 7. The molecule has 0 aromatic carbocycles. The molecule has 1 N–H and O–H groups in total. The highest BCUT2D eigenvalue weighted by Crippen LogP contribution is 2.06. The third kappa shape index (κ3) is 5.47. The number of aromatic nitrogens is 4. The first-order chi connectivity index (χ1) is 12.5. The van der Waals surface area contributed by atoms with E-state index in [9.17, 15) is 14.4 Å². The third-order valence-corrected chi connectivity index (χ3v) is 3.45. The van der Waals surface area contributed by atoms with Gasteiger partial charge in [0.25, 0.3) is 17.5 Å². The molecule has 2 amide bonds. The van der Waals surface area contributed by atoms with E-state index in [-0.39, 0.29) is 24.1 Å². The van der Waals surface area contributed by atoms with E-state index in [0.717, 1.165) is 11.4 Å². The number of amides is 2.